The molecule has 0 spiro atoms. The van der Waals surface area contributed by atoms with Crippen molar-refractivity contribution in [3.8, 4) is 5.75 Å². The Hall–Kier alpha value is -2.92. The van der Waals surface area contributed by atoms with E-state index < -0.39 is 51.3 Å². The van der Waals surface area contributed by atoms with Gasteiger partial charge in [-0.3, -0.25) is 20.2 Å². The van der Waals surface area contributed by atoms with Gasteiger partial charge in [0.05, 0.1) is 15.4 Å². The van der Waals surface area contributed by atoms with Crippen molar-refractivity contribution < 1.29 is 37.7 Å². The van der Waals surface area contributed by atoms with Gasteiger partial charge in [-0.05, 0) is 0 Å². The lowest BCUT2D eigenvalue weighted by Gasteiger charge is -2.09. The number of carboxylic acids is 1. The summed E-state index contributed by atoms with van der Waals surface area (Å²) in [6, 6.07) is 0.0639. The van der Waals surface area contributed by atoms with Gasteiger partial charge in [-0.25, -0.2) is 4.79 Å². The molecule has 0 aromatic heterocycles. The average Bonchev–Trinajstić information content (AvgIpc) is 2.33. The van der Waals surface area contributed by atoms with Crippen LogP contribution in [0.4, 0.5) is 24.5 Å². The van der Waals surface area contributed by atoms with Crippen LogP contribution in [0.1, 0.15) is 5.56 Å². The fourth-order valence-electron chi connectivity index (χ4n) is 1.32. The van der Waals surface area contributed by atoms with Crippen molar-refractivity contribution in [2.75, 3.05) is 6.61 Å². The highest BCUT2D eigenvalue weighted by Gasteiger charge is 2.38. The molecule has 1 aromatic rings. The van der Waals surface area contributed by atoms with Crippen LogP contribution in [0, 0.1) is 20.2 Å². The van der Waals surface area contributed by atoms with Crippen molar-refractivity contribution in [1.82, 2.24) is 0 Å². The highest BCUT2D eigenvalue weighted by Crippen LogP contribution is 2.42. The lowest BCUT2D eigenvalue weighted by atomic mass is 10.1. The van der Waals surface area contributed by atoms with E-state index in [1.54, 1.807) is 0 Å². The summed E-state index contributed by atoms with van der Waals surface area (Å²) in [5.41, 5.74) is -4.32. The maximum absolute atomic E-state index is 12.5. The Morgan fingerprint density at radius 3 is 1.90 bits per heavy atom. The maximum atomic E-state index is 12.5. The van der Waals surface area contributed by atoms with Crippen LogP contribution in [0.15, 0.2) is 12.1 Å². The first-order valence-electron chi connectivity index (χ1n) is 4.92. The second kappa shape index (κ2) is 5.60. The third-order valence-electron chi connectivity index (χ3n) is 2.11. The first kappa shape index (κ1) is 16.1. The normalized spacial score (nSPS) is 11.0. The van der Waals surface area contributed by atoms with Gasteiger partial charge in [-0.15, -0.1) is 0 Å². The van der Waals surface area contributed by atoms with E-state index in [0.29, 0.717) is 0 Å². The molecule has 0 unspecified atom stereocenters. The molecular formula is C9H5F3N2O7. The van der Waals surface area contributed by atoms with Crippen molar-refractivity contribution >= 4 is 17.3 Å². The molecule has 12 heteroatoms. The van der Waals surface area contributed by atoms with Gasteiger partial charge in [0.2, 0.25) is 0 Å². The number of hydrogen-bond acceptors (Lipinski definition) is 6. The monoisotopic (exact) mass is 310 g/mol. The van der Waals surface area contributed by atoms with E-state index in [4.69, 9.17) is 5.11 Å². The van der Waals surface area contributed by atoms with Gasteiger partial charge in [-0.2, -0.15) is 13.2 Å². The first-order chi connectivity index (χ1) is 9.54. The van der Waals surface area contributed by atoms with E-state index in [0.717, 1.165) is 0 Å². The van der Waals surface area contributed by atoms with Crippen molar-refractivity contribution in [2.45, 2.75) is 6.18 Å². The van der Waals surface area contributed by atoms with Crippen LogP contribution in [-0.4, -0.2) is 27.5 Å². The predicted octanol–water partition coefficient (Wildman–Crippen LogP) is 1.99. The number of halogens is 3. The van der Waals surface area contributed by atoms with E-state index in [1.165, 1.54) is 0 Å². The van der Waals surface area contributed by atoms with Gasteiger partial charge >= 0.3 is 23.5 Å². The van der Waals surface area contributed by atoms with Gasteiger partial charge < -0.3 is 9.84 Å². The molecule has 0 radical (unpaired) electrons. The summed E-state index contributed by atoms with van der Waals surface area (Å²) in [7, 11) is 0. The number of alkyl halides is 3. The molecule has 0 aliphatic heterocycles. The molecule has 0 heterocycles. The fourth-order valence-corrected chi connectivity index (χ4v) is 1.32. The molecule has 0 bridgehead atoms. The number of benzene rings is 1. The Morgan fingerprint density at radius 2 is 1.62 bits per heavy atom. The number of aliphatic carboxylic acids is 1. The van der Waals surface area contributed by atoms with E-state index in [9.17, 15) is 38.2 Å². The number of carbonyl (C=O) groups is 1. The molecule has 1 N–H and O–H groups in total. The van der Waals surface area contributed by atoms with E-state index in [2.05, 4.69) is 4.74 Å². The minimum atomic E-state index is -5.05. The highest BCUT2D eigenvalue weighted by molar-refractivity contribution is 5.70. The molecule has 1 rings (SSSR count). The average molecular weight is 310 g/mol. The SMILES string of the molecule is O=C(O)COc1c([N+](=O)[O-])cc(C(F)(F)F)cc1[N+](=O)[O-]. The summed E-state index contributed by atoms with van der Waals surface area (Å²) in [6.45, 7) is -1.19. The van der Waals surface area contributed by atoms with Crippen molar-refractivity contribution in [1.29, 1.82) is 0 Å². The van der Waals surface area contributed by atoms with Gasteiger partial charge in [0.1, 0.15) is 0 Å². The van der Waals surface area contributed by atoms with Gasteiger partial charge in [0, 0.05) is 12.1 Å². The van der Waals surface area contributed by atoms with E-state index >= 15 is 0 Å². The van der Waals surface area contributed by atoms with Gasteiger partial charge in [-0.1, -0.05) is 0 Å². The molecule has 0 amide bonds. The van der Waals surface area contributed by atoms with Crippen LogP contribution in [0.3, 0.4) is 0 Å². The Kier molecular flexibility index (Phi) is 4.30. The molecule has 0 saturated carbocycles. The molecule has 1 aromatic carbocycles. The largest absolute Gasteiger partial charge is 0.479 e. The van der Waals surface area contributed by atoms with E-state index in [-0.39, 0.29) is 12.1 Å². The number of nitro groups is 2. The minimum absolute atomic E-state index is 0.0319. The van der Waals surface area contributed by atoms with Crippen LogP contribution < -0.4 is 4.74 Å². The van der Waals surface area contributed by atoms with Crippen molar-refractivity contribution in [3.05, 3.63) is 37.9 Å². The summed E-state index contributed by atoms with van der Waals surface area (Å²) in [4.78, 5) is 29.1. The Morgan fingerprint density at radius 1 is 1.19 bits per heavy atom. The Balaban J connectivity index is 3.55. The summed E-state index contributed by atoms with van der Waals surface area (Å²) in [6.07, 6.45) is -5.05. The zero-order chi connectivity index (χ0) is 16.4. The predicted molar refractivity (Wildman–Crippen MR) is 57.9 cm³/mol. The molecule has 0 saturated heterocycles. The lowest BCUT2D eigenvalue weighted by Crippen LogP contribution is -2.13. The third-order valence-corrected chi connectivity index (χ3v) is 2.11. The number of rotatable bonds is 5. The minimum Gasteiger partial charge on any atom is -0.479 e. The zero-order valence-electron chi connectivity index (χ0n) is 9.79. The molecule has 0 aliphatic rings. The highest BCUT2D eigenvalue weighted by atomic mass is 19.4. The topological polar surface area (TPSA) is 133 Å². The van der Waals surface area contributed by atoms with Gasteiger partial charge in [0.25, 0.3) is 5.75 Å². The van der Waals surface area contributed by atoms with Crippen LogP contribution in [-0.2, 0) is 11.0 Å². The van der Waals surface area contributed by atoms with Crippen molar-refractivity contribution in [3.63, 3.8) is 0 Å². The maximum Gasteiger partial charge on any atom is 0.416 e. The number of nitro benzene ring substituents is 2. The zero-order valence-corrected chi connectivity index (χ0v) is 9.79. The fraction of sp³-hybridized carbons (Fsp3) is 0.222. The molecule has 0 fully saturated rings. The second-order valence-corrected chi connectivity index (χ2v) is 3.54. The molecule has 0 atom stereocenters. The van der Waals surface area contributed by atoms with Crippen LogP contribution in [0.2, 0.25) is 0 Å². The number of hydrogen-bond donors (Lipinski definition) is 1. The molecule has 9 nitrogen and oxygen atoms in total. The summed E-state index contributed by atoms with van der Waals surface area (Å²) in [5.74, 6) is -2.76. The van der Waals surface area contributed by atoms with Crippen LogP contribution >= 0.6 is 0 Å². The van der Waals surface area contributed by atoms with Gasteiger partial charge in [0.15, 0.2) is 6.61 Å². The molecule has 21 heavy (non-hydrogen) atoms. The Labute approximate surface area is 112 Å². The van der Waals surface area contributed by atoms with E-state index in [1.807, 2.05) is 0 Å². The lowest BCUT2D eigenvalue weighted by molar-refractivity contribution is -0.396. The van der Waals surface area contributed by atoms with Crippen LogP contribution in [0.25, 0.3) is 0 Å². The smallest absolute Gasteiger partial charge is 0.416 e. The number of ether oxygens (including phenoxy) is 1. The standard InChI is InChI=1S/C9H5F3N2O7/c10-9(11,12)4-1-5(13(17)18)8(21-3-7(15)16)6(2-4)14(19)20/h1-2H,3H2,(H,15,16). The Bertz CT molecular complexity index is 579. The first-order valence-corrected chi connectivity index (χ1v) is 4.92. The van der Waals surface area contributed by atoms with Crippen molar-refractivity contribution in [2.24, 2.45) is 0 Å². The third kappa shape index (κ3) is 3.77. The number of carboxylic acid groups (broad SMARTS) is 1. The van der Waals surface area contributed by atoms with Crippen LogP contribution in [0.5, 0.6) is 5.75 Å². The summed E-state index contributed by atoms with van der Waals surface area (Å²) < 4.78 is 42.0. The molecule has 114 valence electrons. The summed E-state index contributed by atoms with van der Waals surface area (Å²) in [5, 5.41) is 29.8. The summed E-state index contributed by atoms with van der Waals surface area (Å²) >= 11 is 0. The number of nitrogens with zero attached hydrogens (tertiary/aromatic N) is 2. The molecular weight excluding hydrogens is 305 g/mol. The quantitative estimate of drug-likeness (QED) is 0.649. The molecule has 0 aliphatic carbocycles. The second-order valence-electron chi connectivity index (χ2n) is 3.54.